The molecule has 342 valence electrons. The van der Waals surface area contributed by atoms with E-state index in [1.807, 2.05) is 4.90 Å². The van der Waals surface area contributed by atoms with E-state index >= 15 is 4.39 Å². The molecule has 5 aliphatic heterocycles. The minimum atomic E-state index is -3.47. The highest BCUT2D eigenvalue weighted by atomic mass is 32.2. The number of fused-ring (bicyclic) bond motifs is 2. The highest BCUT2D eigenvalue weighted by Crippen LogP contribution is 2.53. The molecule has 2 unspecified atom stereocenters. The summed E-state index contributed by atoms with van der Waals surface area (Å²) >= 11 is 0. The van der Waals surface area contributed by atoms with Gasteiger partial charge in [0, 0.05) is 62.8 Å². The van der Waals surface area contributed by atoms with Crippen molar-refractivity contribution in [2.75, 3.05) is 56.0 Å². The molecule has 7 heterocycles. The lowest BCUT2D eigenvalue weighted by Crippen LogP contribution is -2.54. The van der Waals surface area contributed by atoms with Crippen molar-refractivity contribution in [3.8, 4) is 0 Å². The summed E-state index contributed by atoms with van der Waals surface area (Å²) in [5, 5.41) is 16.9. The van der Waals surface area contributed by atoms with Crippen LogP contribution in [0, 0.1) is 17.2 Å². The quantitative estimate of drug-likeness (QED) is 0.264. The molecule has 3 aromatic rings. The Morgan fingerprint density at radius 3 is 2.27 bits per heavy atom. The second-order valence-corrected chi connectivity index (χ2v) is 21.9. The molecule has 7 aliphatic rings. The van der Waals surface area contributed by atoms with Crippen molar-refractivity contribution in [1.29, 1.82) is 0 Å². The molecule has 3 atom stereocenters. The second kappa shape index (κ2) is 16.2. The van der Waals surface area contributed by atoms with E-state index in [4.69, 9.17) is 4.98 Å². The molecular formula is C45H56FN9O8S. The molecule has 0 radical (unpaired) electrons. The van der Waals surface area contributed by atoms with Crippen LogP contribution in [-0.2, 0) is 19.6 Å². The Morgan fingerprint density at radius 2 is 1.59 bits per heavy atom. The number of rotatable bonds is 9. The third kappa shape index (κ3) is 7.68. The molecule has 4 amide bonds. The summed E-state index contributed by atoms with van der Waals surface area (Å²) in [6.07, 6.45) is 10.1. The van der Waals surface area contributed by atoms with E-state index in [1.165, 1.54) is 12.1 Å². The van der Waals surface area contributed by atoms with Crippen LogP contribution in [0.4, 0.5) is 16.0 Å². The predicted molar refractivity (Wildman–Crippen MR) is 234 cm³/mol. The maximum atomic E-state index is 15.5. The van der Waals surface area contributed by atoms with Gasteiger partial charge in [0.05, 0.1) is 33.7 Å². The second-order valence-electron chi connectivity index (χ2n) is 19.7. The Labute approximate surface area is 370 Å². The first-order chi connectivity index (χ1) is 30.6. The largest absolute Gasteiger partial charge is 0.388 e. The smallest absolute Gasteiger partial charge is 0.262 e. The van der Waals surface area contributed by atoms with Gasteiger partial charge in [-0.3, -0.25) is 38.8 Å². The van der Waals surface area contributed by atoms with Crippen LogP contribution in [0.1, 0.15) is 117 Å². The number of pyridine rings is 1. The fraction of sp³-hybridized carbons (Fsp3) is 0.622. The van der Waals surface area contributed by atoms with Gasteiger partial charge in [-0.2, -0.15) is 4.98 Å². The molecule has 10 rings (SSSR count). The zero-order valence-electron chi connectivity index (χ0n) is 36.1. The first-order valence-corrected chi connectivity index (χ1v) is 24.5. The van der Waals surface area contributed by atoms with E-state index in [1.54, 1.807) is 28.1 Å². The van der Waals surface area contributed by atoms with Crippen molar-refractivity contribution in [1.82, 2.24) is 34.0 Å². The van der Waals surface area contributed by atoms with Gasteiger partial charge in [0.1, 0.15) is 17.5 Å². The summed E-state index contributed by atoms with van der Waals surface area (Å²) in [6.45, 7) is 6.22. The predicted octanol–water partition coefficient (Wildman–Crippen LogP) is 3.18. The lowest BCUT2D eigenvalue weighted by molar-refractivity contribution is -0.136. The maximum Gasteiger partial charge on any atom is 0.262 e. The number of benzene rings is 1. The third-order valence-corrected chi connectivity index (χ3v) is 18.0. The van der Waals surface area contributed by atoms with Gasteiger partial charge in [0.15, 0.2) is 0 Å². The Kier molecular flexibility index (Phi) is 10.9. The molecule has 3 N–H and O–H groups in total. The number of anilines is 2. The molecule has 17 nitrogen and oxygen atoms in total. The number of aliphatic hydroxyl groups is 1. The van der Waals surface area contributed by atoms with Gasteiger partial charge < -0.3 is 20.2 Å². The number of piperidine rings is 4. The summed E-state index contributed by atoms with van der Waals surface area (Å²) in [6, 6.07) is 4.23. The molecule has 64 heavy (non-hydrogen) atoms. The molecule has 1 aromatic carbocycles. The fourth-order valence-corrected chi connectivity index (χ4v) is 13.9. The van der Waals surface area contributed by atoms with E-state index in [0.717, 1.165) is 62.7 Å². The van der Waals surface area contributed by atoms with Crippen LogP contribution in [0.5, 0.6) is 0 Å². The number of carbonyl (C=O) groups excluding carboxylic acids is 4. The van der Waals surface area contributed by atoms with Crippen LogP contribution in [0.25, 0.3) is 11.0 Å². The Bertz CT molecular complexity index is 2570. The summed E-state index contributed by atoms with van der Waals surface area (Å²) in [5.41, 5.74) is -0.280. The molecule has 2 saturated carbocycles. The molecule has 6 fully saturated rings. The van der Waals surface area contributed by atoms with Gasteiger partial charge in [-0.1, -0.05) is 0 Å². The summed E-state index contributed by atoms with van der Waals surface area (Å²) < 4.78 is 46.5. The number of sulfonamides is 1. The van der Waals surface area contributed by atoms with Crippen molar-refractivity contribution in [3.05, 3.63) is 57.8 Å². The number of amides is 4. The van der Waals surface area contributed by atoms with Crippen LogP contribution in [0.15, 0.2) is 35.3 Å². The fourth-order valence-electron chi connectivity index (χ4n) is 12.0. The number of nitrogens with one attached hydrogen (secondary N) is 2. The minimum absolute atomic E-state index is 0.0105. The van der Waals surface area contributed by atoms with Crippen LogP contribution in [-0.4, -0.2) is 135 Å². The average molecular weight is 902 g/mol. The first kappa shape index (κ1) is 43.1. The van der Waals surface area contributed by atoms with E-state index in [2.05, 4.69) is 20.5 Å². The topological polar surface area (TPSA) is 207 Å². The number of hydrogen-bond acceptors (Lipinski definition) is 13. The number of carbonyl (C=O) groups is 4. The van der Waals surface area contributed by atoms with Crippen LogP contribution in [0.2, 0.25) is 0 Å². The monoisotopic (exact) mass is 901 g/mol. The summed E-state index contributed by atoms with van der Waals surface area (Å²) in [7, 11) is -3.47. The maximum absolute atomic E-state index is 15.5. The van der Waals surface area contributed by atoms with Gasteiger partial charge in [-0.05, 0) is 127 Å². The first-order valence-electron chi connectivity index (χ1n) is 23.0. The van der Waals surface area contributed by atoms with Crippen molar-refractivity contribution in [2.24, 2.45) is 11.3 Å². The number of imide groups is 2. The van der Waals surface area contributed by atoms with E-state index in [9.17, 15) is 37.5 Å². The number of aromatic nitrogens is 3. The van der Waals surface area contributed by atoms with Crippen LogP contribution < -0.4 is 21.1 Å². The summed E-state index contributed by atoms with van der Waals surface area (Å²) in [4.78, 5) is 78.1. The Morgan fingerprint density at radius 1 is 0.891 bits per heavy atom. The Balaban J connectivity index is 0.676. The van der Waals surface area contributed by atoms with Gasteiger partial charge in [0.25, 0.3) is 17.4 Å². The number of likely N-dealkylation sites (tertiary alicyclic amines) is 1. The van der Waals surface area contributed by atoms with Crippen LogP contribution in [0.3, 0.4) is 0 Å². The van der Waals surface area contributed by atoms with Gasteiger partial charge in [0.2, 0.25) is 27.8 Å². The minimum Gasteiger partial charge on any atom is -0.388 e. The van der Waals surface area contributed by atoms with Crippen molar-refractivity contribution >= 4 is 56.3 Å². The van der Waals surface area contributed by atoms with Gasteiger partial charge >= 0.3 is 0 Å². The normalized spacial score (nSPS) is 27.7. The molecule has 19 heteroatoms. The molecular weight excluding hydrogens is 846 g/mol. The molecule has 4 saturated heterocycles. The van der Waals surface area contributed by atoms with E-state index in [0.29, 0.717) is 87.6 Å². The number of hydrogen-bond donors (Lipinski definition) is 3. The molecule has 1 spiro atoms. The van der Waals surface area contributed by atoms with Gasteiger partial charge in [-0.15, -0.1) is 0 Å². The van der Waals surface area contributed by atoms with E-state index in [-0.39, 0.29) is 52.7 Å². The lowest BCUT2D eigenvalue weighted by atomic mass is 9.57. The van der Waals surface area contributed by atoms with Gasteiger partial charge in [-0.25, -0.2) is 22.1 Å². The molecule has 0 bridgehead atoms. The number of halogens is 1. The lowest BCUT2D eigenvalue weighted by Gasteiger charge is -2.54. The molecule has 2 aromatic heterocycles. The Hall–Kier alpha value is -4.85. The highest BCUT2D eigenvalue weighted by molar-refractivity contribution is 7.89. The summed E-state index contributed by atoms with van der Waals surface area (Å²) in [5.74, 6) is -2.23. The zero-order valence-corrected chi connectivity index (χ0v) is 37.0. The van der Waals surface area contributed by atoms with Crippen molar-refractivity contribution in [2.45, 2.75) is 119 Å². The third-order valence-electron chi connectivity index (χ3n) is 15.6. The SMILES string of the molecule is C[C@@]1(O)CCCC1n1c(=O)ccc2cnc(NC3CCN(S(=O)(=O)C4CCN(CC5CC6(CCN(c7cc8c(cc7F)C(=O)N(C7CCC(=O)NC7=O)C8=O)CC6)C5)CC4)CC3)nc21. The number of nitrogens with zero attached hydrogens (tertiary/aromatic N) is 7. The standard InChI is InChI=1S/C45H56FN9O8S/c1-44(61)12-2-3-36(44)55-38(57)7-4-28-25-47-43(50-39(28)55)48-29-8-17-53(18-9-29)64(62,63)30-10-15-51(16-11-30)26-27-23-45(24-27)13-19-52(20-14-45)35-22-32-31(21-33(35)46)41(59)54(42(32)60)34-5-6-37(56)49-40(34)58/h4,7,21-22,25,27,29-30,34,36,61H,2-3,5-6,8-20,23-24,26H2,1H3,(H,47,48,50)(H,49,56,58)/t34?,36?,44-/m1/s1. The van der Waals surface area contributed by atoms with Crippen LogP contribution >= 0.6 is 0 Å². The molecule has 2 aliphatic carbocycles. The average Bonchev–Trinajstić information content (AvgIpc) is 3.73. The van der Waals surface area contributed by atoms with Crippen molar-refractivity contribution in [3.63, 3.8) is 0 Å². The van der Waals surface area contributed by atoms with E-state index < -0.39 is 56.4 Å². The highest BCUT2D eigenvalue weighted by Gasteiger charge is 2.49. The van der Waals surface area contributed by atoms with Crippen molar-refractivity contribution < 1.29 is 37.1 Å². The zero-order chi connectivity index (χ0) is 44.7.